The van der Waals surface area contributed by atoms with Crippen LogP contribution in [0.15, 0.2) is 90.5 Å². The highest BCUT2D eigenvalue weighted by Gasteiger charge is 2.52. The molecule has 0 spiro atoms. The van der Waals surface area contributed by atoms with Crippen molar-refractivity contribution in [3.8, 4) is 0 Å². The van der Waals surface area contributed by atoms with E-state index in [-0.39, 0.29) is 0 Å². The third-order valence-electron chi connectivity index (χ3n) is 8.05. The number of hydrogen-bond donors (Lipinski definition) is 0. The van der Waals surface area contributed by atoms with Gasteiger partial charge >= 0.3 is 0 Å². The molecule has 0 heterocycles. The fourth-order valence-corrected chi connectivity index (χ4v) is 7.24. The van der Waals surface area contributed by atoms with Crippen LogP contribution in [0.4, 0.5) is 0 Å². The van der Waals surface area contributed by atoms with Crippen molar-refractivity contribution < 1.29 is 0 Å². The zero-order valence-corrected chi connectivity index (χ0v) is 17.1. The van der Waals surface area contributed by atoms with Gasteiger partial charge in [-0.3, -0.25) is 0 Å². The van der Waals surface area contributed by atoms with Gasteiger partial charge in [-0.1, -0.05) is 85.0 Å². The third-order valence-corrected chi connectivity index (χ3v) is 8.05. The minimum absolute atomic E-state index is 0.411. The lowest BCUT2D eigenvalue weighted by Crippen LogP contribution is -2.46. The van der Waals surface area contributed by atoms with E-state index in [1.54, 1.807) is 5.57 Å². The van der Waals surface area contributed by atoms with Crippen LogP contribution in [0.5, 0.6) is 0 Å². The lowest BCUT2D eigenvalue weighted by molar-refractivity contribution is -0.0284. The molecule has 0 amide bonds. The molecule has 0 saturated heterocycles. The van der Waals surface area contributed by atoms with Crippen molar-refractivity contribution in [2.75, 3.05) is 0 Å². The molecule has 29 heavy (non-hydrogen) atoms. The molecule has 2 aromatic carbocycles. The van der Waals surface area contributed by atoms with Gasteiger partial charge in [0.15, 0.2) is 0 Å². The zero-order valence-electron chi connectivity index (χ0n) is 17.1. The highest BCUT2D eigenvalue weighted by molar-refractivity contribution is 5.80. The summed E-state index contributed by atoms with van der Waals surface area (Å²) in [7, 11) is 0. The summed E-state index contributed by atoms with van der Waals surface area (Å²) in [6.07, 6.45) is 18.9. The molecule has 1 unspecified atom stereocenters. The Morgan fingerprint density at radius 1 is 0.724 bits per heavy atom. The minimum Gasteiger partial charge on any atom is -0.0735 e. The SMILES string of the molecule is C1=CC(C=C(c2ccccc2)c2ccccc2)C=C1C12CC3CC(CC(C3)C1)C2. The maximum Gasteiger partial charge on any atom is 0.0145 e. The Morgan fingerprint density at radius 2 is 1.24 bits per heavy atom. The minimum atomic E-state index is 0.411. The molecule has 0 aromatic heterocycles. The number of rotatable bonds is 4. The topological polar surface area (TPSA) is 0 Å². The second-order valence-electron chi connectivity index (χ2n) is 10.1. The van der Waals surface area contributed by atoms with E-state index in [4.69, 9.17) is 0 Å². The molecule has 146 valence electrons. The summed E-state index contributed by atoms with van der Waals surface area (Å²) in [5, 5.41) is 0. The van der Waals surface area contributed by atoms with Gasteiger partial charge in [0.2, 0.25) is 0 Å². The van der Waals surface area contributed by atoms with Gasteiger partial charge in [-0.25, -0.2) is 0 Å². The first-order valence-corrected chi connectivity index (χ1v) is 11.5. The van der Waals surface area contributed by atoms with Gasteiger partial charge < -0.3 is 0 Å². The quantitative estimate of drug-likeness (QED) is 0.518. The third kappa shape index (κ3) is 3.14. The van der Waals surface area contributed by atoms with Gasteiger partial charge in [-0.2, -0.15) is 0 Å². The molecule has 4 fully saturated rings. The maximum atomic E-state index is 2.60. The smallest absolute Gasteiger partial charge is 0.0145 e. The number of allylic oxidation sites excluding steroid dienone is 5. The molecule has 5 aliphatic rings. The molecule has 2 aromatic rings. The maximum absolute atomic E-state index is 2.60. The van der Waals surface area contributed by atoms with E-state index in [1.807, 2.05) is 0 Å². The van der Waals surface area contributed by atoms with Crippen LogP contribution in [0.25, 0.3) is 5.57 Å². The van der Waals surface area contributed by atoms with Crippen LogP contribution in [-0.4, -0.2) is 0 Å². The predicted molar refractivity (Wildman–Crippen MR) is 121 cm³/mol. The van der Waals surface area contributed by atoms with E-state index in [1.165, 1.54) is 55.2 Å². The highest BCUT2D eigenvalue weighted by atomic mass is 14.6. The van der Waals surface area contributed by atoms with Crippen LogP contribution in [0.2, 0.25) is 0 Å². The first kappa shape index (κ1) is 17.5. The Balaban J connectivity index is 1.34. The van der Waals surface area contributed by atoms with E-state index in [2.05, 4.69) is 85.0 Å². The summed E-state index contributed by atoms with van der Waals surface area (Å²) < 4.78 is 0. The van der Waals surface area contributed by atoms with Crippen LogP contribution in [0, 0.1) is 29.1 Å². The van der Waals surface area contributed by atoms with Crippen molar-refractivity contribution in [2.24, 2.45) is 29.1 Å². The van der Waals surface area contributed by atoms with Crippen molar-refractivity contribution in [2.45, 2.75) is 38.5 Å². The molecular formula is C29H30. The molecule has 0 aliphatic heterocycles. The van der Waals surface area contributed by atoms with Crippen molar-refractivity contribution >= 4 is 5.57 Å². The molecule has 1 atom stereocenters. The molecular weight excluding hydrogens is 348 g/mol. The predicted octanol–water partition coefficient (Wildman–Crippen LogP) is 7.45. The largest absolute Gasteiger partial charge is 0.0735 e. The fraction of sp³-hybridized carbons (Fsp3) is 0.379. The average molecular weight is 379 g/mol. The first-order chi connectivity index (χ1) is 14.3. The molecule has 0 radical (unpaired) electrons. The van der Waals surface area contributed by atoms with Crippen LogP contribution in [-0.2, 0) is 0 Å². The lowest BCUT2D eigenvalue weighted by Gasteiger charge is -2.57. The number of hydrogen-bond acceptors (Lipinski definition) is 0. The molecule has 0 heteroatoms. The van der Waals surface area contributed by atoms with Gasteiger partial charge in [-0.15, -0.1) is 0 Å². The Labute approximate surface area is 175 Å². The molecule has 4 bridgehead atoms. The van der Waals surface area contributed by atoms with Gasteiger partial charge in [-0.05, 0) is 84.0 Å². The van der Waals surface area contributed by atoms with E-state index in [9.17, 15) is 0 Å². The van der Waals surface area contributed by atoms with Crippen molar-refractivity contribution in [1.29, 1.82) is 0 Å². The van der Waals surface area contributed by atoms with Crippen molar-refractivity contribution in [3.63, 3.8) is 0 Å². The van der Waals surface area contributed by atoms with Gasteiger partial charge in [0.05, 0.1) is 0 Å². The molecule has 5 aliphatic carbocycles. The molecule has 0 N–H and O–H groups in total. The summed E-state index contributed by atoms with van der Waals surface area (Å²) in [5.41, 5.74) is 6.14. The van der Waals surface area contributed by atoms with Gasteiger partial charge in [0.25, 0.3) is 0 Å². The van der Waals surface area contributed by atoms with Crippen LogP contribution < -0.4 is 0 Å². The molecule has 4 saturated carbocycles. The second kappa shape index (κ2) is 6.87. The Kier molecular flexibility index (Phi) is 4.15. The van der Waals surface area contributed by atoms with E-state index >= 15 is 0 Å². The van der Waals surface area contributed by atoms with E-state index in [0.717, 1.165) is 17.8 Å². The Bertz CT molecular complexity index is 896. The summed E-state index contributed by atoms with van der Waals surface area (Å²) >= 11 is 0. The zero-order chi connectivity index (χ0) is 19.3. The fourth-order valence-electron chi connectivity index (χ4n) is 7.24. The first-order valence-electron chi connectivity index (χ1n) is 11.5. The Morgan fingerprint density at radius 3 is 1.76 bits per heavy atom. The summed E-state index contributed by atoms with van der Waals surface area (Å²) in [6.45, 7) is 0. The van der Waals surface area contributed by atoms with Crippen molar-refractivity contribution in [1.82, 2.24) is 0 Å². The van der Waals surface area contributed by atoms with E-state index in [0.29, 0.717) is 11.3 Å². The van der Waals surface area contributed by atoms with Crippen molar-refractivity contribution in [3.05, 3.63) is 102 Å². The summed E-state index contributed by atoms with van der Waals surface area (Å²) in [5.74, 6) is 3.44. The monoisotopic (exact) mass is 378 g/mol. The highest BCUT2D eigenvalue weighted by Crippen LogP contribution is 2.63. The summed E-state index contributed by atoms with van der Waals surface area (Å²) in [6, 6.07) is 21.7. The molecule has 0 nitrogen and oxygen atoms in total. The van der Waals surface area contributed by atoms with E-state index < -0.39 is 0 Å². The van der Waals surface area contributed by atoms with Gasteiger partial charge in [0, 0.05) is 5.92 Å². The standard InChI is InChI=1S/C29H30/c1-3-7-25(8-4-1)28(26-9-5-2-6-10-26)17-21-11-12-27(16-21)29-18-22-13-23(19-29)15-24(14-22)20-29/h1-12,16-17,21-24H,13-15,18-20H2. The van der Waals surface area contributed by atoms with Crippen LogP contribution >= 0.6 is 0 Å². The molecule has 7 rings (SSSR count). The van der Waals surface area contributed by atoms with Gasteiger partial charge in [0.1, 0.15) is 0 Å². The van der Waals surface area contributed by atoms with Crippen LogP contribution in [0.3, 0.4) is 0 Å². The second-order valence-corrected chi connectivity index (χ2v) is 10.1. The van der Waals surface area contributed by atoms with Crippen LogP contribution in [0.1, 0.15) is 49.7 Å². The average Bonchev–Trinajstić information content (AvgIpc) is 3.22. The normalized spacial score (nSPS) is 34.3. The summed E-state index contributed by atoms with van der Waals surface area (Å²) in [4.78, 5) is 0. The lowest BCUT2D eigenvalue weighted by atomic mass is 9.48. The Hall–Kier alpha value is -2.34. The number of benzene rings is 2.